The Morgan fingerprint density at radius 3 is 1.96 bits per heavy atom. The van der Waals surface area contributed by atoms with E-state index in [4.69, 9.17) is 0 Å². The summed E-state index contributed by atoms with van der Waals surface area (Å²) in [6.45, 7) is 6.03. The molecule has 0 aliphatic heterocycles. The van der Waals surface area contributed by atoms with Gasteiger partial charge in [-0.2, -0.15) is 0 Å². The van der Waals surface area contributed by atoms with E-state index in [1.165, 1.54) is 11.1 Å². The molecule has 0 aliphatic carbocycles. The van der Waals surface area contributed by atoms with E-state index in [-0.39, 0.29) is 16.4 Å². The molecule has 3 aromatic rings. The van der Waals surface area contributed by atoms with E-state index in [2.05, 4.69) is 35.6 Å². The molecule has 0 saturated heterocycles. The summed E-state index contributed by atoms with van der Waals surface area (Å²) in [4.78, 5) is 12.8. The highest BCUT2D eigenvalue weighted by molar-refractivity contribution is 8.01. The molecule has 138 valence electrons. The summed E-state index contributed by atoms with van der Waals surface area (Å²) in [7, 11) is 0. The lowest BCUT2D eigenvalue weighted by atomic mass is 10.0. The summed E-state index contributed by atoms with van der Waals surface area (Å²) in [6.07, 6.45) is 0. The number of hydrogen-bond donors (Lipinski definition) is 1. The Labute approximate surface area is 166 Å². The van der Waals surface area contributed by atoms with E-state index in [1.807, 2.05) is 69.3 Å². The normalized spacial score (nSPS) is 12.0. The molecule has 0 aromatic heterocycles. The molecule has 27 heavy (non-hydrogen) atoms. The van der Waals surface area contributed by atoms with Crippen molar-refractivity contribution in [2.75, 3.05) is 5.32 Å². The van der Waals surface area contributed by atoms with Gasteiger partial charge in [0, 0.05) is 5.69 Å². The second kappa shape index (κ2) is 8.92. The lowest BCUT2D eigenvalue weighted by molar-refractivity contribution is -0.115. The van der Waals surface area contributed by atoms with Gasteiger partial charge in [-0.3, -0.25) is 4.79 Å². The predicted molar refractivity (Wildman–Crippen MR) is 116 cm³/mol. The quantitative estimate of drug-likeness (QED) is 0.559. The molecule has 0 spiro atoms. The summed E-state index contributed by atoms with van der Waals surface area (Å²) in [5.41, 5.74) is 5.53. The van der Waals surface area contributed by atoms with Crippen molar-refractivity contribution in [2.24, 2.45) is 0 Å². The van der Waals surface area contributed by atoms with Crippen LogP contribution in [-0.2, 0) is 4.79 Å². The molecule has 1 atom stereocenters. The van der Waals surface area contributed by atoms with Crippen LogP contribution < -0.4 is 5.32 Å². The van der Waals surface area contributed by atoms with E-state index in [0.29, 0.717) is 0 Å². The molecule has 0 saturated carbocycles. The zero-order valence-corrected chi connectivity index (χ0v) is 16.8. The van der Waals surface area contributed by atoms with Gasteiger partial charge in [0.2, 0.25) is 5.91 Å². The highest BCUT2D eigenvalue weighted by Crippen LogP contribution is 2.38. The molecular weight excluding hydrogens is 350 g/mol. The molecule has 1 N–H and O–H groups in total. The number of nitrogens with one attached hydrogen (secondary N) is 1. The van der Waals surface area contributed by atoms with Crippen LogP contribution in [0.3, 0.4) is 0 Å². The Morgan fingerprint density at radius 2 is 1.41 bits per heavy atom. The van der Waals surface area contributed by atoms with Crippen LogP contribution in [0.15, 0.2) is 78.9 Å². The van der Waals surface area contributed by atoms with Crippen LogP contribution in [0.5, 0.6) is 0 Å². The van der Waals surface area contributed by atoms with Crippen LogP contribution in [0.1, 0.15) is 34.4 Å². The van der Waals surface area contributed by atoms with Crippen LogP contribution in [0.2, 0.25) is 0 Å². The maximum atomic E-state index is 12.8. The number of carbonyl (C=O) groups is 1. The molecule has 0 fully saturated rings. The first-order valence-corrected chi connectivity index (χ1v) is 10.1. The summed E-state index contributed by atoms with van der Waals surface area (Å²) >= 11 is 1.68. The molecule has 1 unspecified atom stereocenters. The van der Waals surface area contributed by atoms with Crippen LogP contribution in [0.4, 0.5) is 5.69 Å². The molecule has 3 rings (SSSR count). The third-order valence-electron chi connectivity index (χ3n) is 4.57. The molecule has 0 heterocycles. The Balaban J connectivity index is 1.79. The highest BCUT2D eigenvalue weighted by atomic mass is 32.2. The van der Waals surface area contributed by atoms with Crippen molar-refractivity contribution in [1.82, 2.24) is 0 Å². The fourth-order valence-electron chi connectivity index (χ4n) is 2.98. The molecule has 3 heteroatoms. The van der Waals surface area contributed by atoms with Gasteiger partial charge in [-0.15, -0.1) is 11.8 Å². The number of benzene rings is 3. The summed E-state index contributed by atoms with van der Waals surface area (Å²) in [6, 6.07) is 26.9. The molecule has 1 amide bonds. The van der Waals surface area contributed by atoms with E-state index in [0.717, 1.165) is 16.8 Å². The Bertz CT molecular complexity index is 853. The van der Waals surface area contributed by atoms with Crippen molar-refractivity contribution in [3.8, 4) is 0 Å². The van der Waals surface area contributed by atoms with Crippen LogP contribution >= 0.6 is 11.8 Å². The smallest absolute Gasteiger partial charge is 0.237 e. The van der Waals surface area contributed by atoms with Crippen LogP contribution in [0, 0.1) is 13.8 Å². The second-order valence-corrected chi connectivity index (χ2v) is 8.24. The fraction of sp³-hybridized carbons (Fsp3) is 0.208. The van der Waals surface area contributed by atoms with Crippen LogP contribution in [0.25, 0.3) is 0 Å². The van der Waals surface area contributed by atoms with Gasteiger partial charge < -0.3 is 5.32 Å². The van der Waals surface area contributed by atoms with Gasteiger partial charge >= 0.3 is 0 Å². The van der Waals surface area contributed by atoms with Crippen LogP contribution in [-0.4, -0.2) is 11.2 Å². The largest absolute Gasteiger partial charge is 0.325 e. The Kier molecular flexibility index (Phi) is 6.36. The first-order chi connectivity index (χ1) is 13.0. The lowest BCUT2D eigenvalue weighted by Gasteiger charge is -2.22. The molecule has 0 radical (unpaired) electrons. The van der Waals surface area contributed by atoms with Crippen molar-refractivity contribution >= 4 is 23.4 Å². The maximum Gasteiger partial charge on any atom is 0.237 e. The second-order valence-electron chi connectivity index (χ2n) is 6.79. The minimum absolute atomic E-state index is 0.0329. The minimum atomic E-state index is -0.185. The average Bonchev–Trinajstić information content (AvgIpc) is 2.70. The maximum absolute atomic E-state index is 12.8. The van der Waals surface area contributed by atoms with Gasteiger partial charge in [-0.05, 0) is 49.1 Å². The Morgan fingerprint density at radius 1 is 0.852 bits per heavy atom. The van der Waals surface area contributed by atoms with E-state index < -0.39 is 0 Å². The number of aryl methyl sites for hydroxylation is 2. The van der Waals surface area contributed by atoms with E-state index in [1.54, 1.807) is 11.8 Å². The number of thioether (sulfide) groups is 1. The summed E-state index contributed by atoms with van der Waals surface area (Å²) < 4.78 is 0. The van der Waals surface area contributed by atoms with Crippen molar-refractivity contribution in [3.05, 3.63) is 101 Å². The van der Waals surface area contributed by atoms with Gasteiger partial charge in [0.15, 0.2) is 0 Å². The Hall–Kier alpha value is -2.52. The van der Waals surface area contributed by atoms with Crippen molar-refractivity contribution in [3.63, 3.8) is 0 Å². The van der Waals surface area contributed by atoms with Gasteiger partial charge in [0.25, 0.3) is 0 Å². The van der Waals surface area contributed by atoms with Gasteiger partial charge in [0.1, 0.15) is 0 Å². The van der Waals surface area contributed by atoms with Gasteiger partial charge in [-0.1, -0.05) is 72.8 Å². The van der Waals surface area contributed by atoms with Gasteiger partial charge in [-0.25, -0.2) is 0 Å². The number of amides is 1. The SMILES string of the molecule is Cc1ccc(C)c(NC(=O)C(C)SC(c2ccccc2)c2ccccc2)c1. The molecule has 2 nitrogen and oxygen atoms in total. The van der Waals surface area contributed by atoms with Gasteiger partial charge in [0.05, 0.1) is 10.5 Å². The molecular formula is C24H25NOS. The topological polar surface area (TPSA) is 29.1 Å². The average molecular weight is 376 g/mol. The van der Waals surface area contributed by atoms with E-state index >= 15 is 0 Å². The third-order valence-corrected chi connectivity index (χ3v) is 6.00. The standard InChI is InChI=1S/C24H25NOS/c1-17-14-15-18(2)22(16-17)25-24(26)19(3)27-23(20-10-6-4-7-11-20)21-12-8-5-9-13-21/h4-16,19,23H,1-3H3,(H,25,26). The lowest BCUT2D eigenvalue weighted by Crippen LogP contribution is -2.24. The third kappa shape index (κ3) is 5.01. The number of hydrogen-bond acceptors (Lipinski definition) is 2. The number of rotatable bonds is 6. The van der Waals surface area contributed by atoms with Crippen molar-refractivity contribution < 1.29 is 4.79 Å². The highest BCUT2D eigenvalue weighted by Gasteiger charge is 2.22. The van der Waals surface area contributed by atoms with E-state index in [9.17, 15) is 4.79 Å². The number of carbonyl (C=O) groups excluding carboxylic acids is 1. The fourth-order valence-corrected chi connectivity index (χ4v) is 4.20. The minimum Gasteiger partial charge on any atom is -0.325 e. The zero-order valence-electron chi connectivity index (χ0n) is 16.0. The van der Waals surface area contributed by atoms with Crippen molar-refractivity contribution in [2.45, 2.75) is 31.3 Å². The first kappa shape index (κ1) is 19.2. The van der Waals surface area contributed by atoms with Crippen molar-refractivity contribution in [1.29, 1.82) is 0 Å². The zero-order chi connectivity index (χ0) is 19.2. The first-order valence-electron chi connectivity index (χ1n) is 9.18. The predicted octanol–water partition coefficient (Wildman–Crippen LogP) is 6.15. The number of anilines is 1. The molecule has 0 bridgehead atoms. The molecule has 0 aliphatic rings. The molecule has 3 aromatic carbocycles. The monoisotopic (exact) mass is 375 g/mol. The summed E-state index contributed by atoms with van der Waals surface area (Å²) in [5.74, 6) is 0.0329. The summed E-state index contributed by atoms with van der Waals surface area (Å²) in [5, 5.41) is 3.03.